The number of esters is 1. The zero-order valence-electron chi connectivity index (χ0n) is 32.3. The minimum Gasteiger partial charge on any atom is -0.488 e. The number of aliphatic hydroxyl groups is 1. The Hall–Kier alpha value is -1.60. The monoisotopic (exact) mass is 695 g/mol. The molecule has 282 valence electrons. The third-order valence-electron chi connectivity index (χ3n) is 11.8. The zero-order chi connectivity index (χ0) is 36.6. The Bertz CT molecular complexity index is 1200. The Labute approximate surface area is 294 Å². The van der Waals surface area contributed by atoms with Crippen molar-refractivity contribution >= 4 is 11.8 Å². The molecule has 0 spiro atoms. The minimum atomic E-state index is -0.974. The quantitative estimate of drug-likeness (QED) is 0.329. The van der Waals surface area contributed by atoms with E-state index in [1.54, 1.807) is 14.0 Å². The zero-order valence-corrected chi connectivity index (χ0v) is 32.3. The number of carbonyl (C=O) groups excluding carboxylic acids is 2. The SMILES string of the molecule is CC[C@@H]1OC(=O)[C@H](C)[C@H](O[C@H]2C[C@@](C)(OC)C[C@H](C)O2)[C@H](C)[C@@H](O[C@@H]2O[C@H](C)C[C@H](N(C)CC)[C@H]2O)[C@@]2(C)CC(C)=C(O2)[C@@H](C)C(=O)[C@H]1C. The highest BCUT2D eigenvalue weighted by atomic mass is 16.7. The summed E-state index contributed by atoms with van der Waals surface area (Å²) in [6, 6.07) is -0.175. The first kappa shape index (κ1) is 40.2. The van der Waals surface area contributed by atoms with Crippen LogP contribution in [0.3, 0.4) is 0 Å². The van der Waals surface area contributed by atoms with Crippen molar-refractivity contribution in [2.45, 2.75) is 175 Å². The fourth-order valence-electron chi connectivity index (χ4n) is 8.71. The number of carbonyl (C=O) groups is 2. The molecule has 2 bridgehead atoms. The van der Waals surface area contributed by atoms with Crippen molar-refractivity contribution in [2.24, 2.45) is 23.7 Å². The number of fused-ring (bicyclic) bond motifs is 2. The van der Waals surface area contributed by atoms with Gasteiger partial charge in [-0.1, -0.05) is 27.7 Å². The van der Waals surface area contributed by atoms with Gasteiger partial charge in [-0.3, -0.25) is 9.59 Å². The first-order valence-corrected chi connectivity index (χ1v) is 18.6. The lowest BCUT2D eigenvalue weighted by atomic mass is 9.79. The van der Waals surface area contributed by atoms with Crippen LogP contribution in [0.1, 0.15) is 108 Å². The van der Waals surface area contributed by atoms with Gasteiger partial charge in [0.15, 0.2) is 12.6 Å². The number of Topliss-reactive ketones (excluding diaryl/α,β-unsaturated/α-hetero) is 1. The Balaban J connectivity index is 1.81. The standard InChI is InChI=1S/C38H65NO10/c1-14-28-23(6)30(40)24(7)32-20(3)17-38(11,49-32)34(48-36-31(41)27(39(12)15-2)16-21(4)45-36)25(8)33(26(9)35(42)46-28)47-29-19-37(10,43-13)18-22(5)44-29/h21-29,31,33-34,36,41H,14-19H2,1-13H3/t21-,22+,23+,24+,25+,26-,27+,28+,29+,31-,33-,34-,36+,37+,38-/m1/s1. The molecule has 3 fully saturated rings. The van der Waals surface area contributed by atoms with E-state index in [1.165, 1.54) is 0 Å². The molecule has 0 aromatic heterocycles. The molecule has 1 N–H and O–H groups in total. The second-order valence-electron chi connectivity index (χ2n) is 16.0. The van der Waals surface area contributed by atoms with Gasteiger partial charge in [-0.15, -0.1) is 0 Å². The fourth-order valence-corrected chi connectivity index (χ4v) is 8.71. The molecule has 0 amide bonds. The van der Waals surface area contributed by atoms with Gasteiger partial charge in [0.2, 0.25) is 0 Å². The number of ketones is 1. The predicted octanol–water partition coefficient (Wildman–Crippen LogP) is 5.40. The van der Waals surface area contributed by atoms with Crippen molar-refractivity contribution in [1.82, 2.24) is 4.90 Å². The Kier molecular flexibility index (Phi) is 13.1. The lowest BCUT2D eigenvalue weighted by molar-refractivity contribution is -0.309. The first-order valence-electron chi connectivity index (χ1n) is 18.6. The first-order chi connectivity index (χ1) is 22.9. The van der Waals surface area contributed by atoms with E-state index < -0.39 is 77.8 Å². The maximum atomic E-state index is 14.1. The number of allylic oxidation sites excluding steroid dienone is 1. The summed E-state index contributed by atoms with van der Waals surface area (Å²) in [5, 5.41) is 11.7. The highest BCUT2D eigenvalue weighted by Crippen LogP contribution is 2.46. The van der Waals surface area contributed by atoms with Crippen LogP contribution in [0.15, 0.2) is 11.3 Å². The number of ether oxygens (including phenoxy) is 7. The smallest absolute Gasteiger partial charge is 0.311 e. The maximum Gasteiger partial charge on any atom is 0.311 e. The Morgan fingerprint density at radius 3 is 2.24 bits per heavy atom. The van der Waals surface area contributed by atoms with Crippen molar-refractivity contribution < 1.29 is 47.9 Å². The highest BCUT2D eigenvalue weighted by molar-refractivity contribution is 5.86. The molecule has 49 heavy (non-hydrogen) atoms. The molecular formula is C38H65NO10. The third-order valence-corrected chi connectivity index (χ3v) is 11.8. The Morgan fingerprint density at radius 1 is 0.959 bits per heavy atom. The molecule has 15 atom stereocenters. The van der Waals surface area contributed by atoms with Gasteiger partial charge in [0.1, 0.15) is 35.5 Å². The van der Waals surface area contributed by atoms with Crippen LogP contribution >= 0.6 is 0 Å². The molecule has 0 saturated carbocycles. The van der Waals surface area contributed by atoms with Gasteiger partial charge in [0.05, 0.1) is 41.7 Å². The third kappa shape index (κ3) is 8.56. The number of hydrogen-bond donors (Lipinski definition) is 1. The van der Waals surface area contributed by atoms with Crippen molar-refractivity contribution in [3.8, 4) is 0 Å². The van der Waals surface area contributed by atoms with E-state index in [1.807, 2.05) is 69.4 Å². The van der Waals surface area contributed by atoms with Gasteiger partial charge in [0.25, 0.3) is 0 Å². The number of likely N-dealkylation sites (N-methyl/N-ethyl adjacent to an activating group) is 1. The summed E-state index contributed by atoms with van der Waals surface area (Å²) in [6.45, 7) is 22.2. The number of rotatable bonds is 8. The molecule has 4 aliphatic rings. The van der Waals surface area contributed by atoms with E-state index >= 15 is 0 Å². The van der Waals surface area contributed by atoms with Crippen LogP contribution in [-0.2, 0) is 42.7 Å². The molecule has 0 radical (unpaired) electrons. The normalized spacial score (nSPS) is 45.7. The topological polar surface area (TPSA) is 122 Å². The predicted molar refractivity (Wildman–Crippen MR) is 184 cm³/mol. The van der Waals surface area contributed by atoms with E-state index in [2.05, 4.69) is 11.8 Å². The number of nitrogens with zero attached hydrogens (tertiary/aromatic N) is 1. The average Bonchev–Trinajstić information content (AvgIpc) is 3.37. The molecule has 4 heterocycles. The average molecular weight is 696 g/mol. The molecule has 11 heteroatoms. The summed E-state index contributed by atoms with van der Waals surface area (Å²) >= 11 is 0. The molecule has 4 rings (SSSR count). The van der Waals surface area contributed by atoms with Crippen molar-refractivity contribution in [2.75, 3.05) is 20.7 Å². The van der Waals surface area contributed by atoms with Crippen LogP contribution in [0.4, 0.5) is 0 Å². The van der Waals surface area contributed by atoms with E-state index in [9.17, 15) is 14.7 Å². The van der Waals surface area contributed by atoms with Gasteiger partial charge in [-0.25, -0.2) is 0 Å². The lowest BCUT2D eigenvalue weighted by Gasteiger charge is -2.48. The molecule has 0 aliphatic carbocycles. The second-order valence-corrected chi connectivity index (χ2v) is 16.0. The van der Waals surface area contributed by atoms with Gasteiger partial charge >= 0.3 is 5.97 Å². The number of aliphatic hydroxyl groups excluding tert-OH is 1. The van der Waals surface area contributed by atoms with Crippen LogP contribution in [0.25, 0.3) is 0 Å². The summed E-state index contributed by atoms with van der Waals surface area (Å²) < 4.78 is 45.4. The molecule has 0 aromatic rings. The van der Waals surface area contributed by atoms with Crippen molar-refractivity contribution in [1.29, 1.82) is 0 Å². The maximum absolute atomic E-state index is 14.1. The lowest BCUT2D eigenvalue weighted by Crippen LogP contribution is -2.59. The van der Waals surface area contributed by atoms with Crippen molar-refractivity contribution in [3.05, 3.63) is 11.3 Å². The van der Waals surface area contributed by atoms with Crippen LogP contribution in [-0.4, -0.2) is 109 Å². The molecule has 0 aromatic carbocycles. The van der Waals surface area contributed by atoms with Gasteiger partial charge in [-0.05, 0) is 80.5 Å². The number of cyclic esters (lactones) is 1. The number of hydrogen-bond acceptors (Lipinski definition) is 11. The van der Waals surface area contributed by atoms with Crippen LogP contribution < -0.4 is 0 Å². The molecule has 3 saturated heterocycles. The van der Waals surface area contributed by atoms with Gasteiger partial charge in [0, 0.05) is 38.3 Å². The summed E-state index contributed by atoms with van der Waals surface area (Å²) in [7, 11) is 3.68. The number of methoxy groups -OCH3 is 1. The molecule has 0 unspecified atom stereocenters. The summed E-state index contributed by atoms with van der Waals surface area (Å²) in [5.74, 6) is -2.22. The van der Waals surface area contributed by atoms with E-state index in [0.29, 0.717) is 37.9 Å². The van der Waals surface area contributed by atoms with Crippen LogP contribution in [0.2, 0.25) is 0 Å². The van der Waals surface area contributed by atoms with Crippen LogP contribution in [0.5, 0.6) is 0 Å². The summed E-state index contributed by atoms with van der Waals surface area (Å²) in [6.07, 6.45) is -2.17. The fraction of sp³-hybridized carbons (Fsp3) is 0.895. The van der Waals surface area contributed by atoms with Crippen molar-refractivity contribution in [3.63, 3.8) is 0 Å². The van der Waals surface area contributed by atoms with Gasteiger partial charge < -0.3 is 43.2 Å². The minimum absolute atomic E-state index is 0.0442. The van der Waals surface area contributed by atoms with E-state index in [-0.39, 0.29) is 24.0 Å². The molecular weight excluding hydrogens is 630 g/mol. The largest absolute Gasteiger partial charge is 0.488 e. The summed E-state index contributed by atoms with van der Waals surface area (Å²) in [5.41, 5.74) is -0.482. The van der Waals surface area contributed by atoms with Gasteiger partial charge in [-0.2, -0.15) is 0 Å². The highest BCUT2D eigenvalue weighted by Gasteiger charge is 2.54. The Morgan fingerprint density at radius 2 is 1.63 bits per heavy atom. The summed E-state index contributed by atoms with van der Waals surface area (Å²) in [4.78, 5) is 30.1. The van der Waals surface area contributed by atoms with E-state index in [0.717, 1.165) is 12.1 Å². The van der Waals surface area contributed by atoms with Crippen LogP contribution in [0, 0.1) is 23.7 Å². The van der Waals surface area contributed by atoms with E-state index in [4.69, 9.17) is 33.2 Å². The molecule has 4 aliphatic heterocycles. The second kappa shape index (κ2) is 16.0. The molecule has 11 nitrogen and oxygen atoms in total.